The zero-order valence-corrected chi connectivity index (χ0v) is 10.2. The summed E-state index contributed by atoms with van der Waals surface area (Å²) in [6.45, 7) is 13.3. The molecule has 0 saturated carbocycles. The highest BCUT2D eigenvalue weighted by atomic mass is 28.2. The van der Waals surface area contributed by atoms with Crippen molar-refractivity contribution < 1.29 is 4.43 Å². The fraction of sp³-hybridized carbons (Fsp3) is 1.00. The molecule has 0 aromatic rings. The summed E-state index contributed by atoms with van der Waals surface area (Å²) in [6, 6.07) is 0. The van der Waals surface area contributed by atoms with E-state index in [1.807, 2.05) is 0 Å². The van der Waals surface area contributed by atoms with Crippen LogP contribution in [0.15, 0.2) is 0 Å². The Hall–Kier alpha value is 0.177. The van der Waals surface area contributed by atoms with Crippen LogP contribution in [-0.2, 0) is 4.43 Å². The molecule has 0 N–H and O–H groups in total. The summed E-state index contributed by atoms with van der Waals surface area (Å²) < 4.78 is 5.65. The maximum absolute atomic E-state index is 5.65. The SMILES string of the molecule is CC(C)O[Si]C(C(C)C)C(C)C. The predicted molar refractivity (Wildman–Crippen MR) is 55.4 cm³/mol. The fourth-order valence-electron chi connectivity index (χ4n) is 1.26. The van der Waals surface area contributed by atoms with Crippen LogP contribution in [0.4, 0.5) is 0 Å². The first-order valence-corrected chi connectivity index (χ1v) is 5.84. The normalized spacial score (nSPS) is 12.5. The highest BCUT2D eigenvalue weighted by Crippen LogP contribution is 2.25. The second-order valence-corrected chi connectivity index (χ2v) is 5.44. The number of hydrogen-bond acceptors (Lipinski definition) is 1. The molecule has 0 saturated heterocycles. The Morgan fingerprint density at radius 1 is 0.833 bits per heavy atom. The lowest BCUT2D eigenvalue weighted by Crippen LogP contribution is -2.21. The molecular formula is C10H22OSi. The molecule has 12 heavy (non-hydrogen) atoms. The van der Waals surface area contributed by atoms with E-state index in [9.17, 15) is 0 Å². The molecule has 0 aromatic carbocycles. The predicted octanol–water partition coefficient (Wildman–Crippen LogP) is 3.13. The van der Waals surface area contributed by atoms with Crippen LogP contribution in [0.1, 0.15) is 41.5 Å². The third kappa shape index (κ3) is 4.94. The van der Waals surface area contributed by atoms with Crippen molar-refractivity contribution in [2.45, 2.75) is 53.2 Å². The van der Waals surface area contributed by atoms with Gasteiger partial charge in [0.05, 0.1) is 0 Å². The average molecular weight is 186 g/mol. The number of hydrogen-bond donors (Lipinski definition) is 0. The fourth-order valence-corrected chi connectivity index (χ4v) is 2.23. The molecule has 0 bridgehead atoms. The van der Waals surface area contributed by atoms with Crippen LogP contribution in [0.2, 0.25) is 5.54 Å². The van der Waals surface area contributed by atoms with Gasteiger partial charge in [-0.25, -0.2) is 0 Å². The van der Waals surface area contributed by atoms with Crippen LogP contribution < -0.4 is 0 Å². The minimum absolute atomic E-state index is 0.378. The standard InChI is InChI=1S/C10H22OSi/c1-7(2)10(8(3)4)12-11-9(5)6/h7-10H,1-6H3. The third-order valence-electron chi connectivity index (χ3n) is 1.88. The van der Waals surface area contributed by atoms with Crippen molar-refractivity contribution in [3.8, 4) is 0 Å². The quantitative estimate of drug-likeness (QED) is 0.599. The molecule has 0 aliphatic rings. The Balaban J connectivity index is 3.80. The van der Waals surface area contributed by atoms with E-state index in [2.05, 4.69) is 41.5 Å². The molecule has 0 fully saturated rings. The van der Waals surface area contributed by atoms with E-state index < -0.39 is 0 Å². The van der Waals surface area contributed by atoms with E-state index >= 15 is 0 Å². The van der Waals surface area contributed by atoms with Gasteiger partial charge < -0.3 is 4.43 Å². The summed E-state index contributed by atoms with van der Waals surface area (Å²) >= 11 is 0. The van der Waals surface area contributed by atoms with E-state index in [0.717, 1.165) is 17.4 Å². The average Bonchev–Trinajstić information content (AvgIpc) is 1.84. The maximum Gasteiger partial charge on any atom is 0.234 e. The molecule has 2 radical (unpaired) electrons. The zero-order chi connectivity index (χ0) is 9.72. The summed E-state index contributed by atoms with van der Waals surface area (Å²) in [6.07, 6.45) is 0.378. The lowest BCUT2D eigenvalue weighted by molar-refractivity contribution is 0.239. The molecule has 0 aromatic heterocycles. The Kier molecular flexibility index (Phi) is 5.84. The summed E-state index contributed by atoms with van der Waals surface area (Å²) in [4.78, 5) is 0. The summed E-state index contributed by atoms with van der Waals surface area (Å²) in [5.41, 5.74) is 0.729. The van der Waals surface area contributed by atoms with Gasteiger partial charge in [-0.15, -0.1) is 0 Å². The Morgan fingerprint density at radius 2 is 1.25 bits per heavy atom. The van der Waals surface area contributed by atoms with E-state index in [4.69, 9.17) is 4.43 Å². The van der Waals surface area contributed by atoms with E-state index in [1.54, 1.807) is 0 Å². The number of rotatable bonds is 5. The van der Waals surface area contributed by atoms with Crippen LogP contribution in [0.3, 0.4) is 0 Å². The van der Waals surface area contributed by atoms with Gasteiger partial charge in [0.2, 0.25) is 9.76 Å². The Bertz CT molecular complexity index is 102. The molecule has 72 valence electrons. The van der Waals surface area contributed by atoms with Crippen LogP contribution in [0.5, 0.6) is 0 Å². The van der Waals surface area contributed by atoms with E-state index in [0.29, 0.717) is 15.9 Å². The Morgan fingerprint density at radius 3 is 1.50 bits per heavy atom. The largest absolute Gasteiger partial charge is 0.415 e. The summed E-state index contributed by atoms with van der Waals surface area (Å²) in [7, 11) is 0.664. The minimum Gasteiger partial charge on any atom is -0.415 e. The first kappa shape index (κ1) is 12.2. The van der Waals surface area contributed by atoms with Gasteiger partial charge in [0.15, 0.2) is 0 Å². The second-order valence-electron chi connectivity index (χ2n) is 4.30. The smallest absolute Gasteiger partial charge is 0.234 e. The zero-order valence-electron chi connectivity index (χ0n) is 9.22. The van der Waals surface area contributed by atoms with Crippen LogP contribution >= 0.6 is 0 Å². The minimum atomic E-state index is 0.378. The van der Waals surface area contributed by atoms with Crippen molar-refractivity contribution in [2.24, 2.45) is 11.8 Å². The van der Waals surface area contributed by atoms with Gasteiger partial charge in [-0.1, -0.05) is 27.7 Å². The van der Waals surface area contributed by atoms with Gasteiger partial charge in [0.25, 0.3) is 0 Å². The highest BCUT2D eigenvalue weighted by molar-refractivity contribution is 6.29. The van der Waals surface area contributed by atoms with E-state index in [1.165, 1.54) is 0 Å². The van der Waals surface area contributed by atoms with Crippen molar-refractivity contribution >= 4 is 9.76 Å². The van der Waals surface area contributed by atoms with Crippen LogP contribution in [0.25, 0.3) is 0 Å². The third-order valence-corrected chi connectivity index (χ3v) is 4.09. The van der Waals surface area contributed by atoms with Gasteiger partial charge >= 0.3 is 0 Å². The lowest BCUT2D eigenvalue weighted by atomic mass is 10.00. The first-order chi connectivity index (χ1) is 5.45. The van der Waals surface area contributed by atoms with Crippen LogP contribution in [-0.4, -0.2) is 15.9 Å². The van der Waals surface area contributed by atoms with Crippen molar-refractivity contribution in [1.29, 1.82) is 0 Å². The molecule has 0 spiro atoms. The molecule has 0 aliphatic heterocycles. The molecule has 0 rings (SSSR count). The molecular weight excluding hydrogens is 164 g/mol. The van der Waals surface area contributed by atoms with Gasteiger partial charge in [-0.05, 0) is 31.2 Å². The van der Waals surface area contributed by atoms with Crippen molar-refractivity contribution in [3.05, 3.63) is 0 Å². The van der Waals surface area contributed by atoms with Crippen molar-refractivity contribution in [3.63, 3.8) is 0 Å². The summed E-state index contributed by atoms with van der Waals surface area (Å²) in [5.74, 6) is 1.48. The maximum atomic E-state index is 5.65. The molecule has 0 unspecified atom stereocenters. The topological polar surface area (TPSA) is 9.23 Å². The summed E-state index contributed by atoms with van der Waals surface area (Å²) in [5, 5.41) is 0. The molecule has 0 heterocycles. The molecule has 0 amide bonds. The molecule has 1 nitrogen and oxygen atoms in total. The van der Waals surface area contributed by atoms with Crippen LogP contribution in [0, 0.1) is 11.8 Å². The molecule has 2 heteroatoms. The molecule has 0 aliphatic carbocycles. The lowest BCUT2D eigenvalue weighted by Gasteiger charge is -2.23. The monoisotopic (exact) mass is 186 g/mol. The highest BCUT2D eigenvalue weighted by Gasteiger charge is 2.19. The van der Waals surface area contributed by atoms with E-state index in [-0.39, 0.29) is 0 Å². The Labute approximate surface area is 79.8 Å². The van der Waals surface area contributed by atoms with Crippen molar-refractivity contribution in [1.82, 2.24) is 0 Å². The van der Waals surface area contributed by atoms with Gasteiger partial charge in [-0.2, -0.15) is 0 Å². The molecule has 0 atom stereocenters. The second kappa shape index (κ2) is 5.76. The van der Waals surface area contributed by atoms with Gasteiger partial charge in [0.1, 0.15) is 0 Å². The van der Waals surface area contributed by atoms with Gasteiger partial charge in [-0.3, -0.25) is 0 Å². The first-order valence-electron chi connectivity index (χ1n) is 4.86. The van der Waals surface area contributed by atoms with Gasteiger partial charge in [0, 0.05) is 6.10 Å². The van der Waals surface area contributed by atoms with Crippen molar-refractivity contribution in [2.75, 3.05) is 0 Å².